The highest BCUT2D eigenvalue weighted by molar-refractivity contribution is 5.65. The van der Waals surface area contributed by atoms with Gasteiger partial charge in [0.2, 0.25) is 0 Å². The molecule has 6 nitrogen and oxygen atoms in total. The first-order valence-electron chi connectivity index (χ1n) is 7.80. The number of nitrogens with zero attached hydrogens (tertiary/aromatic N) is 3. The van der Waals surface area contributed by atoms with E-state index in [-0.39, 0.29) is 0 Å². The monoisotopic (exact) mass is 289 g/mol. The van der Waals surface area contributed by atoms with Crippen LogP contribution in [0.15, 0.2) is 18.6 Å². The van der Waals surface area contributed by atoms with Crippen LogP contribution in [0.25, 0.3) is 5.65 Å². The van der Waals surface area contributed by atoms with Gasteiger partial charge in [0, 0.05) is 25.5 Å². The maximum absolute atomic E-state index is 5.86. The minimum absolute atomic E-state index is 0.458. The Labute approximate surface area is 124 Å². The highest BCUT2D eigenvalue weighted by atomic mass is 16.5. The minimum atomic E-state index is 0.458. The van der Waals surface area contributed by atoms with E-state index in [0.717, 1.165) is 30.4 Å². The lowest BCUT2D eigenvalue weighted by atomic mass is 10.3. The molecule has 0 spiro atoms. The molecule has 2 aromatic rings. The summed E-state index contributed by atoms with van der Waals surface area (Å²) in [7, 11) is 0. The maximum Gasteiger partial charge on any atom is 0.180 e. The second-order valence-electron chi connectivity index (χ2n) is 5.37. The Morgan fingerprint density at radius 2 is 2.19 bits per heavy atom. The summed E-state index contributed by atoms with van der Waals surface area (Å²) in [6, 6.07) is 0. The normalized spacial score (nSPS) is 15.7. The molecule has 6 heteroatoms. The average molecular weight is 289 g/mol. The van der Waals surface area contributed by atoms with Gasteiger partial charge in [0.25, 0.3) is 0 Å². The summed E-state index contributed by atoms with van der Waals surface area (Å²) in [5, 5.41) is 6.57. The van der Waals surface area contributed by atoms with Crippen LogP contribution >= 0.6 is 0 Å². The van der Waals surface area contributed by atoms with Crippen LogP contribution in [0.1, 0.15) is 32.6 Å². The largest absolute Gasteiger partial charge is 0.376 e. The van der Waals surface area contributed by atoms with Crippen LogP contribution in [0.2, 0.25) is 0 Å². The van der Waals surface area contributed by atoms with Gasteiger partial charge in [-0.1, -0.05) is 12.8 Å². The number of ether oxygens (including phenoxy) is 1. The van der Waals surface area contributed by atoms with Gasteiger partial charge in [0.15, 0.2) is 11.5 Å². The number of nitrogens with one attached hydrogen (secondary N) is 2. The fourth-order valence-corrected chi connectivity index (χ4v) is 2.77. The lowest BCUT2D eigenvalue weighted by Crippen LogP contribution is -2.16. The molecule has 0 amide bonds. The molecule has 1 fully saturated rings. The number of anilines is 2. The fourth-order valence-electron chi connectivity index (χ4n) is 2.77. The molecule has 3 rings (SSSR count). The van der Waals surface area contributed by atoms with Crippen LogP contribution in [0.3, 0.4) is 0 Å². The van der Waals surface area contributed by atoms with E-state index in [0.29, 0.717) is 12.7 Å². The summed E-state index contributed by atoms with van der Waals surface area (Å²) in [4.78, 5) is 8.92. The van der Waals surface area contributed by atoms with Gasteiger partial charge in [-0.05, 0) is 19.8 Å². The molecule has 0 saturated heterocycles. The Kier molecular flexibility index (Phi) is 4.55. The molecular weight excluding hydrogens is 266 g/mol. The van der Waals surface area contributed by atoms with Crippen molar-refractivity contribution in [3.8, 4) is 0 Å². The minimum Gasteiger partial charge on any atom is -0.376 e. The van der Waals surface area contributed by atoms with E-state index < -0.39 is 0 Å². The first-order valence-corrected chi connectivity index (χ1v) is 7.80. The van der Waals surface area contributed by atoms with E-state index in [9.17, 15) is 0 Å². The van der Waals surface area contributed by atoms with Gasteiger partial charge in [-0.3, -0.25) is 0 Å². The number of imidazole rings is 1. The van der Waals surface area contributed by atoms with Gasteiger partial charge in [-0.2, -0.15) is 0 Å². The molecular formula is C15H23N5O. The second kappa shape index (κ2) is 6.76. The number of hydrogen-bond donors (Lipinski definition) is 2. The van der Waals surface area contributed by atoms with Crippen molar-refractivity contribution in [1.29, 1.82) is 0 Å². The zero-order valence-electron chi connectivity index (χ0n) is 12.5. The van der Waals surface area contributed by atoms with Gasteiger partial charge in [0.1, 0.15) is 5.82 Å². The smallest absolute Gasteiger partial charge is 0.180 e. The first kappa shape index (κ1) is 14.1. The molecule has 2 heterocycles. The Morgan fingerprint density at radius 1 is 1.33 bits per heavy atom. The Bertz CT molecular complexity index is 576. The lowest BCUT2D eigenvalue weighted by molar-refractivity contribution is 0.0659. The highest BCUT2D eigenvalue weighted by Gasteiger charge is 2.15. The zero-order valence-corrected chi connectivity index (χ0v) is 12.5. The summed E-state index contributed by atoms with van der Waals surface area (Å²) in [5.41, 5.74) is 0.845. The van der Waals surface area contributed by atoms with E-state index in [4.69, 9.17) is 4.74 Å². The fraction of sp³-hybridized carbons (Fsp3) is 0.600. The quantitative estimate of drug-likeness (QED) is 0.767. The topological polar surface area (TPSA) is 63.5 Å². The van der Waals surface area contributed by atoms with Crippen LogP contribution < -0.4 is 10.6 Å². The maximum atomic E-state index is 5.86. The molecule has 0 aromatic carbocycles. The predicted molar refractivity (Wildman–Crippen MR) is 83.8 cm³/mol. The Balaban J connectivity index is 1.60. The van der Waals surface area contributed by atoms with E-state index >= 15 is 0 Å². The SMILES string of the molecule is CCNc1cn2ccnc2c(NCCOC2CCCC2)n1. The van der Waals surface area contributed by atoms with E-state index in [1.807, 2.05) is 16.8 Å². The van der Waals surface area contributed by atoms with E-state index in [1.165, 1.54) is 25.7 Å². The van der Waals surface area contributed by atoms with Gasteiger partial charge in [0.05, 0.1) is 18.9 Å². The molecule has 0 unspecified atom stereocenters. The number of fused-ring (bicyclic) bond motifs is 1. The molecule has 2 aromatic heterocycles. The van der Waals surface area contributed by atoms with Crippen LogP contribution in [0, 0.1) is 0 Å². The molecule has 1 saturated carbocycles. The van der Waals surface area contributed by atoms with Crippen LogP contribution in [-0.4, -0.2) is 40.2 Å². The average Bonchev–Trinajstić information content (AvgIpc) is 3.14. The van der Waals surface area contributed by atoms with E-state index in [2.05, 4.69) is 27.5 Å². The molecule has 0 radical (unpaired) electrons. The molecule has 21 heavy (non-hydrogen) atoms. The van der Waals surface area contributed by atoms with Gasteiger partial charge in [-0.15, -0.1) is 0 Å². The third-order valence-corrected chi connectivity index (χ3v) is 3.78. The molecule has 114 valence electrons. The van der Waals surface area contributed by atoms with Crippen molar-refractivity contribution < 1.29 is 4.74 Å². The van der Waals surface area contributed by atoms with Crippen LogP contribution in [0.4, 0.5) is 11.6 Å². The molecule has 0 aliphatic heterocycles. The summed E-state index contributed by atoms with van der Waals surface area (Å²) in [6.45, 7) is 4.37. The van der Waals surface area contributed by atoms with E-state index in [1.54, 1.807) is 6.20 Å². The second-order valence-corrected chi connectivity index (χ2v) is 5.37. The molecule has 2 N–H and O–H groups in total. The predicted octanol–water partition coefficient (Wildman–Crippen LogP) is 2.53. The Hall–Kier alpha value is -1.82. The van der Waals surface area contributed by atoms with Crippen molar-refractivity contribution in [3.63, 3.8) is 0 Å². The van der Waals surface area contributed by atoms with Crippen molar-refractivity contribution in [2.75, 3.05) is 30.3 Å². The number of aromatic nitrogens is 3. The summed E-state index contributed by atoms with van der Waals surface area (Å²) < 4.78 is 7.84. The zero-order chi connectivity index (χ0) is 14.5. The van der Waals surface area contributed by atoms with Crippen molar-refractivity contribution >= 4 is 17.3 Å². The van der Waals surface area contributed by atoms with Crippen LogP contribution in [0.5, 0.6) is 0 Å². The van der Waals surface area contributed by atoms with Gasteiger partial charge in [-0.25, -0.2) is 9.97 Å². The van der Waals surface area contributed by atoms with Crippen molar-refractivity contribution in [2.24, 2.45) is 0 Å². The summed E-state index contributed by atoms with van der Waals surface area (Å²) in [6.07, 6.45) is 11.1. The third kappa shape index (κ3) is 3.44. The number of hydrogen-bond acceptors (Lipinski definition) is 5. The lowest BCUT2D eigenvalue weighted by Gasteiger charge is -2.13. The molecule has 1 aliphatic rings. The standard InChI is InChI=1S/C15H23N5O/c1-2-16-13-11-20-9-7-18-15(20)14(19-13)17-8-10-21-12-5-3-4-6-12/h7,9,11-12,16H,2-6,8,10H2,1H3,(H,17,19). The van der Waals surface area contributed by atoms with Crippen LogP contribution in [-0.2, 0) is 4.74 Å². The summed E-state index contributed by atoms with van der Waals surface area (Å²) in [5.74, 6) is 1.65. The highest BCUT2D eigenvalue weighted by Crippen LogP contribution is 2.21. The first-order chi connectivity index (χ1) is 10.4. The molecule has 0 atom stereocenters. The van der Waals surface area contributed by atoms with Crippen molar-refractivity contribution in [3.05, 3.63) is 18.6 Å². The van der Waals surface area contributed by atoms with Crippen molar-refractivity contribution in [2.45, 2.75) is 38.7 Å². The molecule has 0 bridgehead atoms. The molecule has 1 aliphatic carbocycles. The third-order valence-electron chi connectivity index (χ3n) is 3.78. The number of rotatable bonds is 7. The van der Waals surface area contributed by atoms with Gasteiger partial charge >= 0.3 is 0 Å². The summed E-state index contributed by atoms with van der Waals surface area (Å²) >= 11 is 0. The van der Waals surface area contributed by atoms with Gasteiger partial charge < -0.3 is 19.8 Å². The Morgan fingerprint density at radius 3 is 3.00 bits per heavy atom. The van der Waals surface area contributed by atoms with Crippen molar-refractivity contribution in [1.82, 2.24) is 14.4 Å².